The van der Waals surface area contributed by atoms with E-state index in [9.17, 15) is 0 Å². The van der Waals surface area contributed by atoms with Crippen LogP contribution in [-0.2, 0) is 4.74 Å². The molecule has 3 heteroatoms. The lowest BCUT2D eigenvalue weighted by atomic mass is 10.4. The van der Waals surface area contributed by atoms with E-state index in [2.05, 4.69) is 4.74 Å². The van der Waals surface area contributed by atoms with Gasteiger partial charge in [-0.2, -0.15) is 5.26 Å². The molecule has 44 valence electrons. The van der Waals surface area contributed by atoms with Crippen molar-refractivity contribution < 1.29 is 4.74 Å². The van der Waals surface area contributed by atoms with Crippen molar-refractivity contribution in [3.63, 3.8) is 0 Å². The molecule has 3 nitrogen and oxygen atoms in total. The van der Waals surface area contributed by atoms with Gasteiger partial charge in [0.15, 0.2) is 0 Å². The Bertz CT molecular complexity index is 143. The van der Waals surface area contributed by atoms with Crippen LogP contribution in [0.3, 0.4) is 0 Å². The number of hydrogen-bond acceptors (Lipinski definition) is 3. The summed E-state index contributed by atoms with van der Waals surface area (Å²) in [5, 5.41) is 8.12. The predicted octanol–water partition coefficient (Wildman–Crippen LogP) is 0.347. The van der Waals surface area contributed by atoms with Crippen LogP contribution < -0.4 is 5.73 Å². The number of hydrogen-bond donors (Lipinski definition) is 1. The van der Waals surface area contributed by atoms with Gasteiger partial charge in [0.25, 0.3) is 0 Å². The van der Waals surface area contributed by atoms with E-state index in [0.29, 0.717) is 5.76 Å². The number of nitrogens with zero attached hydrogens (tertiary/aromatic N) is 1. The minimum absolute atomic E-state index is 0.132. The zero-order valence-electron chi connectivity index (χ0n) is 4.93. The number of nitriles is 1. The third kappa shape index (κ3) is 1.52. The lowest BCUT2D eigenvalue weighted by Gasteiger charge is -1.95. The highest BCUT2D eigenvalue weighted by atomic mass is 16.5. The van der Waals surface area contributed by atoms with E-state index in [4.69, 9.17) is 11.0 Å². The second-order valence-corrected chi connectivity index (χ2v) is 1.29. The largest absolute Gasteiger partial charge is 0.498 e. The van der Waals surface area contributed by atoms with Crippen LogP contribution in [0.4, 0.5) is 0 Å². The summed E-state index contributed by atoms with van der Waals surface area (Å²) >= 11 is 0. The van der Waals surface area contributed by atoms with Gasteiger partial charge >= 0.3 is 0 Å². The van der Waals surface area contributed by atoms with E-state index in [0.717, 1.165) is 0 Å². The quantitative estimate of drug-likeness (QED) is 0.393. The van der Waals surface area contributed by atoms with Gasteiger partial charge in [0, 0.05) is 0 Å². The van der Waals surface area contributed by atoms with E-state index in [1.54, 1.807) is 13.0 Å². The minimum atomic E-state index is 0.132. The first-order chi connectivity index (χ1) is 3.72. The first-order valence-electron chi connectivity index (χ1n) is 2.12. The van der Waals surface area contributed by atoms with Crippen molar-refractivity contribution in [2.75, 3.05) is 7.11 Å². The van der Waals surface area contributed by atoms with Crippen LogP contribution in [0, 0.1) is 11.3 Å². The van der Waals surface area contributed by atoms with Gasteiger partial charge in [-0.3, -0.25) is 0 Å². The van der Waals surface area contributed by atoms with Gasteiger partial charge in [-0.15, -0.1) is 0 Å². The predicted molar refractivity (Wildman–Crippen MR) is 29.5 cm³/mol. The Labute approximate surface area is 48.4 Å². The fourth-order valence-corrected chi connectivity index (χ4v) is 0.189. The maximum absolute atomic E-state index is 8.12. The highest BCUT2D eigenvalue weighted by Gasteiger charge is 1.91. The summed E-state index contributed by atoms with van der Waals surface area (Å²) in [6.45, 7) is 1.64. The van der Waals surface area contributed by atoms with Crippen molar-refractivity contribution in [2.45, 2.75) is 6.92 Å². The van der Waals surface area contributed by atoms with Gasteiger partial charge in [0.2, 0.25) is 0 Å². The number of rotatable bonds is 1. The average molecular weight is 112 g/mol. The molecule has 0 aliphatic heterocycles. The molecule has 0 radical (unpaired) electrons. The Hall–Kier alpha value is -1.17. The Balaban J connectivity index is 4.10. The highest BCUT2D eigenvalue weighted by Crippen LogP contribution is 1.94. The third-order valence-electron chi connectivity index (χ3n) is 0.806. The highest BCUT2D eigenvalue weighted by molar-refractivity contribution is 5.18. The van der Waals surface area contributed by atoms with Crippen LogP contribution >= 0.6 is 0 Å². The molecule has 0 aromatic rings. The van der Waals surface area contributed by atoms with Crippen LogP contribution in [0.15, 0.2) is 11.5 Å². The SMILES string of the molecule is CO/C(C)=C(/N)C#N. The first-order valence-corrected chi connectivity index (χ1v) is 2.12. The molecule has 0 amide bonds. The molecule has 0 aromatic heterocycles. The van der Waals surface area contributed by atoms with Crippen LogP contribution in [-0.4, -0.2) is 7.11 Å². The minimum Gasteiger partial charge on any atom is -0.498 e. The van der Waals surface area contributed by atoms with Crippen molar-refractivity contribution in [2.24, 2.45) is 5.73 Å². The van der Waals surface area contributed by atoms with E-state index in [1.165, 1.54) is 7.11 Å². The summed E-state index contributed by atoms with van der Waals surface area (Å²) in [4.78, 5) is 0. The Kier molecular flexibility index (Phi) is 2.49. The average Bonchev–Trinajstić information content (AvgIpc) is 1.84. The van der Waals surface area contributed by atoms with E-state index >= 15 is 0 Å². The maximum Gasteiger partial charge on any atom is 0.148 e. The van der Waals surface area contributed by atoms with E-state index in [1.807, 2.05) is 0 Å². The van der Waals surface area contributed by atoms with Crippen molar-refractivity contribution in [1.29, 1.82) is 5.26 Å². The fraction of sp³-hybridized carbons (Fsp3) is 0.400. The molecular formula is C5H8N2O. The topological polar surface area (TPSA) is 59.0 Å². The Morgan fingerprint density at radius 3 is 2.38 bits per heavy atom. The normalized spacial score (nSPS) is 11.6. The molecule has 0 saturated heterocycles. The molecule has 0 spiro atoms. The second-order valence-electron chi connectivity index (χ2n) is 1.29. The van der Waals surface area contributed by atoms with E-state index < -0.39 is 0 Å². The summed E-state index contributed by atoms with van der Waals surface area (Å²) in [7, 11) is 1.47. The molecule has 0 unspecified atom stereocenters. The van der Waals surface area contributed by atoms with Crippen molar-refractivity contribution in [1.82, 2.24) is 0 Å². The molecule has 0 saturated carbocycles. The molecule has 0 heterocycles. The summed E-state index contributed by atoms with van der Waals surface area (Å²) in [6.07, 6.45) is 0. The smallest absolute Gasteiger partial charge is 0.148 e. The lowest BCUT2D eigenvalue weighted by Crippen LogP contribution is -1.98. The zero-order chi connectivity index (χ0) is 6.57. The fourth-order valence-electron chi connectivity index (χ4n) is 0.189. The standard InChI is InChI=1S/C5H8N2O/c1-4(8-2)5(7)3-6/h7H2,1-2H3/b5-4+. The molecule has 2 N–H and O–H groups in total. The van der Waals surface area contributed by atoms with E-state index in [-0.39, 0.29) is 5.70 Å². The monoisotopic (exact) mass is 112 g/mol. The van der Waals surface area contributed by atoms with Gasteiger partial charge in [0.05, 0.1) is 7.11 Å². The van der Waals surface area contributed by atoms with Crippen LogP contribution in [0.2, 0.25) is 0 Å². The molecular weight excluding hydrogens is 104 g/mol. The first kappa shape index (κ1) is 6.83. The summed E-state index contributed by atoms with van der Waals surface area (Å²) in [5.74, 6) is 0.465. The van der Waals surface area contributed by atoms with Crippen molar-refractivity contribution in [3.05, 3.63) is 11.5 Å². The lowest BCUT2D eigenvalue weighted by molar-refractivity contribution is 0.290. The molecule has 0 rings (SSSR count). The summed E-state index contributed by atoms with van der Waals surface area (Å²) in [6, 6.07) is 1.75. The summed E-state index contributed by atoms with van der Waals surface area (Å²) in [5.41, 5.74) is 5.25. The van der Waals surface area contributed by atoms with Crippen LogP contribution in [0.25, 0.3) is 0 Å². The third-order valence-corrected chi connectivity index (χ3v) is 0.806. The van der Waals surface area contributed by atoms with Gasteiger partial charge in [0.1, 0.15) is 17.5 Å². The molecule has 0 aliphatic carbocycles. The molecule has 0 bridgehead atoms. The Morgan fingerprint density at radius 2 is 2.25 bits per heavy atom. The number of ether oxygens (including phenoxy) is 1. The van der Waals surface area contributed by atoms with Gasteiger partial charge in [-0.25, -0.2) is 0 Å². The molecule has 0 atom stereocenters. The number of methoxy groups -OCH3 is 1. The van der Waals surface area contributed by atoms with Crippen LogP contribution in [0.1, 0.15) is 6.92 Å². The molecule has 0 fully saturated rings. The number of nitrogens with two attached hydrogens (primary N) is 1. The summed E-state index contributed by atoms with van der Waals surface area (Å²) < 4.78 is 4.63. The van der Waals surface area contributed by atoms with Gasteiger partial charge in [-0.1, -0.05) is 0 Å². The van der Waals surface area contributed by atoms with Crippen molar-refractivity contribution >= 4 is 0 Å². The number of allylic oxidation sites excluding steroid dienone is 2. The van der Waals surface area contributed by atoms with Gasteiger partial charge in [-0.05, 0) is 6.92 Å². The Morgan fingerprint density at radius 1 is 1.75 bits per heavy atom. The maximum atomic E-state index is 8.12. The molecule has 0 aliphatic rings. The molecule has 8 heavy (non-hydrogen) atoms. The van der Waals surface area contributed by atoms with Crippen LogP contribution in [0.5, 0.6) is 0 Å². The molecule has 0 aromatic carbocycles. The zero-order valence-corrected chi connectivity index (χ0v) is 4.93. The second kappa shape index (κ2) is 2.92. The van der Waals surface area contributed by atoms with Gasteiger partial charge < -0.3 is 10.5 Å². The van der Waals surface area contributed by atoms with Crippen molar-refractivity contribution in [3.8, 4) is 6.07 Å².